The molecule has 0 spiro atoms. The number of benzene rings is 3. The first-order valence-corrected chi connectivity index (χ1v) is 12.1. The van der Waals surface area contributed by atoms with Gasteiger partial charge in [-0.3, -0.25) is 4.79 Å². The molecule has 0 atom stereocenters. The Labute approximate surface area is 217 Å². The summed E-state index contributed by atoms with van der Waals surface area (Å²) in [6, 6.07) is 16.6. The van der Waals surface area contributed by atoms with E-state index in [1.165, 1.54) is 6.33 Å². The van der Waals surface area contributed by atoms with Crippen LogP contribution >= 0.6 is 0 Å². The molecule has 4 aromatic rings. The number of aryl methyl sites for hydroxylation is 1. The minimum atomic E-state index is -0.254. The third kappa shape index (κ3) is 5.91. The van der Waals surface area contributed by atoms with Crippen LogP contribution in [-0.4, -0.2) is 35.6 Å². The lowest BCUT2D eigenvalue weighted by molar-refractivity contribution is 0.0911. The van der Waals surface area contributed by atoms with Gasteiger partial charge in [-0.2, -0.15) is 0 Å². The van der Waals surface area contributed by atoms with Crippen LogP contribution in [0.2, 0.25) is 0 Å². The zero-order valence-corrected chi connectivity index (χ0v) is 22.0. The maximum absolute atomic E-state index is 12.5. The number of nitrogens with one attached hydrogen (secondary N) is 2. The first-order chi connectivity index (χ1) is 17.7. The summed E-state index contributed by atoms with van der Waals surface area (Å²) >= 11 is 0. The predicted molar refractivity (Wildman–Crippen MR) is 145 cm³/mol. The maximum Gasteiger partial charge on any atom is 0.251 e. The average molecular weight is 501 g/mol. The summed E-state index contributed by atoms with van der Waals surface area (Å²) in [4.78, 5) is 21.3. The van der Waals surface area contributed by atoms with Crippen LogP contribution in [-0.2, 0) is 0 Å². The molecule has 0 bridgehead atoms. The Morgan fingerprint density at radius 3 is 2.27 bits per heavy atom. The number of carbonyl (C=O) groups excluding carboxylic acids is 1. The molecule has 4 rings (SSSR count). The number of rotatable bonds is 9. The molecule has 0 radical (unpaired) electrons. The molecule has 3 aromatic carbocycles. The van der Waals surface area contributed by atoms with Gasteiger partial charge >= 0.3 is 0 Å². The minimum absolute atomic E-state index is 0.0988. The first-order valence-electron chi connectivity index (χ1n) is 12.1. The number of amides is 1. The molecule has 0 unspecified atom stereocenters. The van der Waals surface area contributed by atoms with E-state index in [1.807, 2.05) is 58.0 Å². The number of hydrogen-bond donors (Lipinski definition) is 2. The second-order valence-corrected chi connectivity index (χ2v) is 9.37. The van der Waals surface area contributed by atoms with E-state index >= 15 is 0 Å². The van der Waals surface area contributed by atoms with E-state index < -0.39 is 0 Å². The fourth-order valence-electron chi connectivity index (χ4n) is 3.73. The van der Waals surface area contributed by atoms with Crippen molar-refractivity contribution in [3.63, 3.8) is 0 Å². The van der Waals surface area contributed by atoms with Gasteiger partial charge in [-0.05, 0) is 81.3 Å². The normalized spacial score (nSPS) is 11.2. The predicted octanol–water partition coefficient (Wildman–Crippen LogP) is 6.41. The van der Waals surface area contributed by atoms with Crippen molar-refractivity contribution in [2.45, 2.75) is 39.7 Å². The molecule has 0 saturated carbocycles. The Morgan fingerprint density at radius 1 is 0.919 bits per heavy atom. The van der Waals surface area contributed by atoms with Gasteiger partial charge in [-0.15, -0.1) is 0 Å². The summed E-state index contributed by atoms with van der Waals surface area (Å²) in [5.74, 6) is 3.13. The van der Waals surface area contributed by atoms with Crippen molar-refractivity contribution in [1.82, 2.24) is 15.3 Å². The number of ether oxygens (including phenoxy) is 3. The van der Waals surface area contributed by atoms with Crippen LogP contribution < -0.4 is 24.8 Å². The van der Waals surface area contributed by atoms with Crippen molar-refractivity contribution in [3.05, 3.63) is 72.1 Å². The molecule has 37 heavy (non-hydrogen) atoms. The highest BCUT2D eigenvalue weighted by Gasteiger charge is 2.19. The van der Waals surface area contributed by atoms with E-state index in [-0.39, 0.29) is 11.4 Å². The fourth-order valence-corrected chi connectivity index (χ4v) is 3.73. The lowest BCUT2D eigenvalue weighted by Crippen LogP contribution is -2.42. The van der Waals surface area contributed by atoms with Crippen molar-refractivity contribution in [2.75, 3.05) is 19.5 Å². The van der Waals surface area contributed by atoms with E-state index in [0.29, 0.717) is 34.4 Å². The summed E-state index contributed by atoms with van der Waals surface area (Å²) in [6.45, 7) is 8.03. The van der Waals surface area contributed by atoms with Gasteiger partial charge in [0.2, 0.25) is 0 Å². The van der Waals surface area contributed by atoms with Crippen LogP contribution in [0.4, 0.5) is 11.5 Å². The van der Waals surface area contributed by atoms with Crippen LogP contribution in [0, 0.1) is 6.92 Å². The summed E-state index contributed by atoms with van der Waals surface area (Å²) in [6.07, 6.45) is 2.36. The summed E-state index contributed by atoms with van der Waals surface area (Å²) in [5.41, 5.74) is 2.87. The van der Waals surface area contributed by atoms with Crippen LogP contribution in [0.15, 0.2) is 60.9 Å². The summed E-state index contributed by atoms with van der Waals surface area (Å²) < 4.78 is 16.9. The van der Waals surface area contributed by atoms with Crippen molar-refractivity contribution < 1.29 is 19.0 Å². The van der Waals surface area contributed by atoms with E-state index in [0.717, 1.165) is 28.6 Å². The highest BCUT2D eigenvalue weighted by Crippen LogP contribution is 2.35. The van der Waals surface area contributed by atoms with Crippen molar-refractivity contribution in [2.24, 2.45) is 0 Å². The number of nitrogens with zero attached hydrogens (tertiary/aromatic N) is 2. The molecule has 2 N–H and O–H groups in total. The number of methoxy groups -OCH3 is 2. The van der Waals surface area contributed by atoms with Gasteiger partial charge in [-0.1, -0.05) is 6.92 Å². The number of anilines is 2. The minimum Gasteiger partial charge on any atom is -0.493 e. The highest BCUT2D eigenvalue weighted by molar-refractivity contribution is 5.95. The Bertz CT molecular complexity index is 1420. The number of hydrogen-bond acceptors (Lipinski definition) is 7. The molecule has 192 valence electrons. The van der Waals surface area contributed by atoms with Gasteiger partial charge in [0.25, 0.3) is 5.91 Å². The molecule has 0 saturated heterocycles. The van der Waals surface area contributed by atoms with Crippen LogP contribution in [0.3, 0.4) is 0 Å². The second kappa shape index (κ2) is 10.7. The molecule has 0 fully saturated rings. The van der Waals surface area contributed by atoms with E-state index in [1.54, 1.807) is 38.5 Å². The SMILES string of the molecule is CCC(C)(C)NC(=O)c1ccc(Oc2ccc(Nc3ncnc4cc(OC)c(OC)cc34)cc2C)cc1. The first kappa shape index (κ1) is 25.8. The number of fused-ring (bicyclic) bond motifs is 1. The van der Waals surface area contributed by atoms with Crippen molar-refractivity contribution in [1.29, 1.82) is 0 Å². The van der Waals surface area contributed by atoms with E-state index in [9.17, 15) is 4.79 Å². The Balaban J connectivity index is 1.49. The third-order valence-electron chi connectivity index (χ3n) is 6.26. The Kier molecular flexibility index (Phi) is 7.47. The molecule has 8 heteroatoms. The number of carbonyl (C=O) groups is 1. The van der Waals surface area contributed by atoms with E-state index in [2.05, 4.69) is 20.6 Å². The monoisotopic (exact) mass is 500 g/mol. The van der Waals surface area contributed by atoms with Gasteiger partial charge in [0, 0.05) is 28.2 Å². The Hall–Kier alpha value is -4.33. The molecular formula is C29H32N4O4. The smallest absolute Gasteiger partial charge is 0.251 e. The second-order valence-electron chi connectivity index (χ2n) is 9.37. The molecule has 0 aliphatic heterocycles. The molecule has 8 nitrogen and oxygen atoms in total. The van der Waals surface area contributed by atoms with Crippen LogP contribution in [0.1, 0.15) is 43.1 Å². The van der Waals surface area contributed by atoms with Gasteiger partial charge in [0.1, 0.15) is 23.6 Å². The third-order valence-corrected chi connectivity index (χ3v) is 6.26. The summed E-state index contributed by atoms with van der Waals surface area (Å²) in [7, 11) is 3.19. The summed E-state index contributed by atoms with van der Waals surface area (Å²) in [5, 5.41) is 7.21. The van der Waals surface area contributed by atoms with Crippen molar-refractivity contribution >= 4 is 28.3 Å². The molecule has 0 aliphatic rings. The van der Waals surface area contributed by atoms with Crippen LogP contribution in [0.5, 0.6) is 23.0 Å². The quantitative estimate of drug-likeness (QED) is 0.274. The molecule has 0 aliphatic carbocycles. The van der Waals surface area contributed by atoms with Gasteiger partial charge in [-0.25, -0.2) is 9.97 Å². The van der Waals surface area contributed by atoms with Gasteiger partial charge in [0.05, 0.1) is 19.7 Å². The zero-order valence-electron chi connectivity index (χ0n) is 22.0. The van der Waals surface area contributed by atoms with Gasteiger partial charge in [0.15, 0.2) is 11.5 Å². The zero-order chi connectivity index (χ0) is 26.6. The highest BCUT2D eigenvalue weighted by atomic mass is 16.5. The molecule has 1 aromatic heterocycles. The lowest BCUT2D eigenvalue weighted by atomic mass is 10.0. The molecular weight excluding hydrogens is 468 g/mol. The van der Waals surface area contributed by atoms with Crippen LogP contribution in [0.25, 0.3) is 10.9 Å². The fraction of sp³-hybridized carbons (Fsp3) is 0.276. The lowest BCUT2D eigenvalue weighted by Gasteiger charge is -2.24. The standard InChI is InChI=1S/C29H32N4O4/c1-7-29(3,4)33-28(34)19-8-11-21(12-9-19)37-24-13-10-20(14-18(24)2)32-27-22-15-25(35-5)26(36-6)16-23(22)30-17-31-27/h8-17H,7H2,1-6H3,(H,33,34)(H,30,31,32). The maximum atomic E-state index is 12.5. The van der Waals surface area contributed by atoms with Crippen molar-refractivity contribution in [3.8, 4) is 23.0 Å². The van der Waals surface area contributed by atoms with Gasteiger partial charge < -0.3 is 24.8 Å². The molecule has 1 heterocycles. The largest absolute Gasteiger partial charge is 0.493 e. The number of aromatic nitrogens is 2. The molecule has 1 amide bonds. The average Bonchev–Trinajstić information content (AvgIpc) is 2.89. The Morgan fingerprint density at radius 2 is 1.62 bits per heavy atom. The topological polar surface area (TPSA) is 94.6 Å². The van der Waals surface area contributed by atoms with E-state index in [4.69, 9.17) is 14.2 Å².